The predicted molar refractivity (Wildman–Crippen MR) is 73.4 cm³/mol. The first-order valence-corrected chi connectivity index (χ1v) is 6.92. The van der Waals surface area contributed by atoms with Crippen LogP contribution in [0.1, 0.15) is 35.1 Å². The van der Waals surface area contributed by atoms with E-state index in [9.17, 15) is 0 Å². The Morgan fingerprint density at radius 2 is 2.17 bits per heavy atom. The van der Waals surface area contributed by atoms with Crippen LogP contribution < -0.4 is 0 Å². The van der Waals surface area contributed by atoms with Crippen molar-refractivity contribution in [3.05, 3.63) is 40.1 Å². The Kier molecular flexibility index (Phi) is 4.38. The topological polar surface area (TPSA) is 41.9 Å². The fraction of sp³-hybridized carbons (Fsp3) is 0.462. The Labute approximate surface area is 112 Å². The van der Waals surface area contributed by atoms with E-state index in [0.29, 0.717) is 6.04 Å². The molecule has 0 aliphatic rings. The van der Waals surface area contributed by atoms with Gasteiger partial charge in [-0.25, -0.2) is 0 Å². The van der Waals surface area contributed by atoms with Gasteiger partial charge in [0.15, 0.2) is 0 Å². The summed E-state index contributed by atoms with van der Waals surface area (Å²) in [6, 6.07) is 6.39. The van der Waals surface area contributed by atoms with Gasteiger partial charge < -0.3 is 0 Å². The fourth-order valence-electron chi connectivity index (χ4n) is 2.04. The lowest BCUT2D eigenvalue weighted by molar-refractivity contribution is 0.225. The lowest BCUT2D eigenvalue weighted by Gasteiger charge is -2.25. The molecule has 2 aromatic rings. The maximum absolute atomic E-state index is 4.44. The Hall–Kier alpha value is -1.33. The normalized spacial score (nSPS) is 12.9. The minimum Gasteiger partial charge on any atom is -0.291 e. The number of hydrogen-bond donors (Lipinski definition) is 0. The van der Waals surface area contributed by atoms with Crippen molar-refractivity contribution in [2.75, 3.05) is 7.05 Å². The summed E-state index contributed by atoms with van der Waals surface area (Å²) in [5, 5.41) is 10.3. The number of aryl methyl sites for hydroxylation is 1. The van der Waals surface area contributed by atoms with E-state index in [-0.39, 0.29) is 0 Å². The van der Waals surface area contributed by atoms with E-state index in [1.165, 1.54) is 0 Å². The molecule has 0 aliphatic heterocycles. The Morgan fingerprint density at radius 1 is 1.33 bits per heavy atom. The summed E-state index contributed by atoms with van der Waals surface area (Å²) in [7, 11) is 2.11. The first-order chi connectivity index (χ1) is 8.70. The van der Waals surface area contributed by atoms with Crippen LogP contribution in [0.5, 0.6) is 0 Å². The molecule has 0 aromatic carbocycles. The van der Waals surface area contributed by atoms with Gasteiger partial charge in [0, 0.05) is 6.20 Å². The van der Waals surface area contributed by atoms with Crippen LogP contribution in [-0.2, 0) is 6.54 Å². The average molecular weight is 262 g/mol. The molecule has 2 aromatic heterocycles. The molecule has 0 N–H and O–H groups in total. The molecule has 0 unspecified atom stereocenters. The van der Waals surface area contributed by atoms with Crippen LogP contribution in [0, 0.1) is 6.92 Å². The Morgan fingerprint density at radius 3 is 2.72 bits per heavy atom. The van der Waals surface area contributed by atoms with E-state index >= 15 is 0 Å². The van der Waals surface area contributed by atoms with Crippen LogP contribution in [-0.4, -0.2) is 27.1 Å². The standard InChI is InChI=1S/C13H18N4S/c1-4-12(11-7-5-6-8-14-11)17(3)9-13-16-15-10(2)18-13/h5-8,12H,4,9H2,1-3H3/t12-/m1/s1. The third-order valence-electron chi connectivity index (χ3n) is 2.90. The first kappa shape index (κ1) is 13.1. The first-order valence-electron chi connectivity index (χ1n) is 6.11. The molecule has 0 bridgehead atoms. The summed E-state index contributed by atoms with van der Waals surface area (Å²) >= 11 is 1.65. The van der Waals surface area contributed by atoms with Crippen molar-refractivity contribution in [2.45, 2.75) is 32.9 Å². The van der Waals surface area contributed by atoms with Gasteiger partial charge in [-0.2, -0.15) is 0 Å². The molecule has 18 heavy (non-hydrogen) atoms. The number of nitrogens with zero attached hydrogens (tertiary/aromatic N) is 4. The molecule has 0 aliphatic carbocycles. The summed E-state index contributed by atoms with van der Waals surface area (Å²) in [6.07, 6.45) is 2.88. The van der Waals surface area contributed by atoms with E-state index in [2.05, 4.69) is 40.1 Å². The number of aromatic nitrogens is 3. The highest BCUT2D eigenvalue weighted by atomic mass is 32.1. The molecule has 2 heterocycles. The molecule has 2 rings (SSSR count). The second-order valence-electron chi connectivity index (χ2n) is 4.31. The predicted octanol–water partition coefficient (Wildman–Crippen LogP) is 2.82. The van der Waals surface area contributed by atoms with Crippen LogP contribution in [0.15, 0.2) is 24.4 Å². The molecule has 5 heteroatoms. The largest absolute Gasteiger partial charge is 0.291 e. The van der Waals surface area contributed by atoms with Crippen LogP contribution in [0.25, 0.3) is 0 Å². The monoisotopic (exact) mass is 262 g/mol. The molecule has 96 valence electrons. The molecule has 0 saturated carbocycles. The second kappa shape index (κ2) is 6.02. The summed E-state index contributed by atoms with van der Waals surface area (Å²) < 4.78 is 0. The van der Waals surface area contributed by atoms with Crippen molar-refractivity contribution >= 4 is 11.3 Å². The van der Waals surface area contributed by atoms with E-state index in [4.69, 9.17) is 0 Å². The van der Waals surface area contributed by atoms with Crippen LogP contribution >= 0.6 is 11.3 Å². The van der Waals surface area contributed by atoms with Crippen molar-refractivity contribution in [1.29, 1.82) is 0 Å². The summed E-state index contributed by atoms with van der Waals surface area (Å²) in [6.45, 7) is 4.99. The number of hydrogen-bond acceptors (Lipinski definition) is 5. The minimum absolute atomic E-state index is 0.329. The maximum atomic E-state index is 4.44. The lowest BCUT2D eigenvalue weighted by Crippen LogP contribution is -2.24. The van der Waals surface area contributed by atoms with E-state index in [1.807, 2.05) is 25.3 Å². The lowest BCUT2D eigenvalue weighted by atomic mass is 10.1. The highest BCUT2D eigenvalue weighted by Gasteiger charge is 2.17. The zero-order valence-electron chi connectivity index (χ0n) is 11.0. The SMILES string of the molecule is CC[C@H](c1ccccn1)N(C)Cc1nnc(C)s1. The van der Waals surface area contributed by atoms with E-state index in [0.717, 1.165) is 28.7 Å². The third kappa shape index (κ3) is 3.11. The quantitative estimate of drug-likeness (QED) is 0.831. The van der Waals surface area contributed by atoms with Crippen molar-refractivity contribution in [2.24, 2.45) is 0 Å². The van der Waals surface area contributed by atoms with Gasteiger partial charge in [-0.05, 0) is 32.5 Å². The highest BCUT2D eigenvalue weighted by Crippen LogP contribution is 2.23. The van der Waals surface area contributed by atoms with Crippen LogP contribution in [0.3, 0.4) is 0 Å². The summed E-state index contributed by atoms with van der Waals surface area (Å²) in [5.74, 6) is 0. The Balaban J connectivity index is 2.08. The van der Waals surface area contributed by atoms with E-state index in [1.54, 1.807) is 11.3 Å². The molecular formula is C13H18N4S. The van der Waals surface area contributed by atoms with Crippen LogP contribution in [0.2, 0.25) is 0 Å². The molecule has 0 amide bonds. The van der Waals surface area contributed by atoms with Crippen molar-refractivity contribution in [1.82, 2.24) is 20.1 Å². The van der Waals surface area contributed by atoms with Crippen molar-refractivity contribution < 1.29 is 0 Å². The third-order valence-corrected chi connectivity index (χ3v) is 3.72. The molecule has 0 spiro atoms. The fourth-order valence-corrected chi connectivity index (χ4v) is 2.82. The minimum atomic E-state index is 0.329. The van der Waals surface area contributed by atoms with Gasteiger partial charge in [-0.3, -0.25) is 9.88 Å². The van der Waals surface area contributed by atoms with Crippen molar-refractivity contribution in [3.63, 3.8) is 0 Å². The molecule has 0 saturated heterocycles. The van der Waals surface area contributed by atoms with Gasteiger partial charge in [0.25, 0.3) is 0 Å². The van der Waals surface area contributed by atoms with Gasteiger partial charge in [-0.15, -0.1) is 21.5 Å². The zero-order valence-corrected chi connectivity index (χ0v) is 11.8. The number of rotatable bonds is 5. The molecular weight excluding hydrogens is 244 g/mol. The highest BCUT2D eigenvalue weighted by molar-refractivity contribution is 7.11. The van der Waals surface area contributed by atoms with E-state index < -0.39 is 0 Å². The number of pyridine rings is 1. The molecule has 4 nitrogen and oxygen atoms in total. The van der Waals surface area contributed by atoms with Gasteiger partial charge >= 0.3 is 0 Å². The maximum Gasteiger partial charge on any atom is 0.131 e. The summed E-state index contributed by atoms with van der Waals surface area (Å²) in [4.78, 5) is 6.72. The van der Waals surface area contributed by atoms with Crippen molar-refractivity contribution in [3.8, 4) is 0 Å². The van der Waals surface area contributed by atoms with Gasteiger partial charge in [0.2, 0.25) is 0 Å². The average Bonchev–Trinajstić information content (AvgIpc) is 2.77. The molecule has 1 atom stereocenters. The summed E-state index contributed by atoms with van der Waals surface area (Å²) in [5.41, 5.74) is 1.11. The van der Waals surface area contributed by atoms with Crippen LogP contribution in [0.4, 0.5) is 0 Å². The molecule has 0 fully saturated rings. The molecule has 0 radical (unpaired) electrons. The smallest absolute Gasteiger partial charge is 0.131 e. The second-order valence-corrected chi connectivity index (χ2v) is 5.57. The van der Waals surface area contributed by atoms with Gasteiger partial charge in [0.1, 0.15) is 10.0 Å². The van der Waals surface area contributed by atoms with Gasteiger partial charge in [-0.1, -0.05) is 13.0 Å². The van der Waals surface area contributed by atoms with Gasteiger partial charge in [0.05, 0.1) is 18.3 Å². The zero-order chi connectivity index (χ0) is 13.0. The Bertz CT molecular complexity index is 483.